The van der Waals surface area contributed by atoms with Crippen molar-refractivity contribution in [2.75, 3.05) is 20.7 Å². The van der Waals surface area contributed by atoms with Crippen LogP contribution in [0.4, 0.5) is 0 Å². The Morgan fingerprint density at radius 2 is 1.89 bits per heavy atom. The molecule has 0 amide bonds. The minimum absolute atomic E-state index is 0. The maximum atomic E-state index is 12.8. The van der Waals surface area contributed by atoms with Gasteiger partial charge in [0.1, 0.15) is 0 Å². The summed E-state index contributed by atoms with van der Waals surface area (Å²) < 4.78 is 5.91. The van der Waals surface area contributed by atoms with Crippen LogP contribution < -0.4 is 24.0 Å². The molecule has 27 heavy (non-hydrogen) atoms. The van der Waals surface area contributed by atoms with Gasteiger partial charge in [-0.25, -0.2) is 4.79 Å². The Morgan fingerprint density at radius 1 is 1.15 bits per heavy atom. The second-order valence-electron chi connectivity index (χ2n) is 7.73. The van der Waals surface area contributed by atoms with Crippen molar-refractivity contribution in [1.29, 1.82) is 0 Å². The Labute approximate surface area is 176 Å². The summed E-state index contributed by atoms with van der Waals surface area (Å²) in [6.45, 7) is 0.941. The molecule has 1 N–H and O–H groups in total. The second-order valence-corrected chi connectivity index (χ2v) is 7.73. The fourth-order valence-electron chi connectivity index (χ4n) is 5.16. The van der Waals surface area contributed by atoms with E-state index in [4.69, 9.17) is 4.74 Å². The summed E-state index contributed by atoms with van der Waals surface area (Å²) in [4.78, 5) is 16.4. The lowest BCUT2D eigenvalue weighted by molar-refractivity contribution is -0.953. The van der Waals surface area contributed by atoms with Crippen molar-refractivity contribution in [1.82, 2.24) is 4.98 Å². The van der Waals surface area contributed by atoms with E-state index in [1.54, 1.807) is 0 Å². The van der Waals surface area contributed by atoms with Crippen molar-refractivity contribution >= 4 is 16.9 Å². The zero-order chi connectivity index (χ0) is 17.9. The first kappa shape index (κ1) is 18.5. The van der Waals surface area contributed by atoms with Crippen LogP contribution in [0.3, 0.4) is 0 Å². The smallest absolute Gasteiger partial charge is 0.365 e. The van der Waals surface area contributed by atoms with Gasteiger partial charge < -0.3 is 38.2 Å². The number of para-hydroxylation sites is 1. The largest absolute Gasteiger partial charge is 1.00 e. The van der Waals surface area contributed by atoms with E-state index in [-0.39, 0.29) is 42.0 Å². The summed E-state index contributed by atoms with van der Waals surface area (Å²) >= 11 is 0. The zero-order valence-corrected chi connectivity index (χ0v) is 17.7. The van der Waals surface area contributed by atoms with Crippen LogP contribution in [0, 0.1) is 0 Å². The topological polar surface area (TPSA) is 42.1 Å². The fourth-order valence-corrected chi connectivity index (χ4v) is 5.16. The minimum atomic E-state index is -0.176. The van der Waals surface area contributed by atoms with Gasteiger partial charge in [0.25, 0.3) is 0 Å². The van der Waals surface area contributed by atoms with Crippen molar-refractivity contribution in [2.24, 2.45) is 0 Å². The molecule has 4 nitrogen and oxygen atoms in total. The lowest BCUT2D eigenvalue weighted by Crippen LogP contribution is -3.00. The molecular weight excluding hydrogens is 451 g/mol. The molecule has 2 aliphatic rings. The highest BCUT2D eigenvalue weighted by Crippen LogP contribution is 2.48. The number of carbonyl (C=O) groups is 1. The molecule has 0 spiro atoms. The zero-order valence-electron chi connectivity index (χ0n) is 15.5. The quantitative estimate of drug-likeness (QED) is 0.315. The minimum Gasteiger partial charge on any atom is -1.00 e. The molecule has 5 rings (SSSR count). The molecule has 2 aromatic carbocycles. The molecular formula is C22H23IN2O2. The summed E-state index contributed by atoms with van der Waals surface area (Å²) in [5.74, 6) is -0.104. The van der Waals surface area contributed by atoms with Gasteiger partial charge in [-0.3, -0.25) is 0 Å². The van der Waals surface area contributed by atoms with E-state index >= 15 is 0 Å². The number of nitrogens with zero attached hydrogens (tertiary/aromatic N) is 1. The number of H-pyrrole nitrogens is 1. The van der Waals surface area contributed by atoms with Crippen molar-refractivity contribution in [3.05, 3.63) is 70.9 Å². The molecule has 0 fully saturated rings. The summed E-state index contributed by atoms with van der Waals surface area (Å²) in [5, 5.41) is 1.23. The third kappa shape index (κ3) is 2.55. The van der Waals surface area contributed by atoms with E-state index in [2.05, 4.69) is 60.6 Å². The Hall–Kier alpha value is -1.86. The molecule has 0 bridgehead atoms. The number of quaternary nitrogens is 1. The molecule has 140 valence electrons. The van der Waals surface area contributed by atoms with Gasteiger partial charge in [0.15, 0.2) is 12.1 Å². The van der Waals surface area contributed by atoms with Gasteiger partial charge in [-0.1, -0.05) is 42.5 Å². The predicted molar refractivity (Wildman–Crippen MR) is 101 cm³/mol. The second kappa shape index (κ2) is 6.63. The molecule has 3 heterocycles. The first-order valence-corrected chi connectivity index (χ1v) is 9.23. The van der Waals surface area contributed by atoms with Gasteiger partial charge in [-0.05, 0) is 17.2 Å². The normalized spacial score (nSPS) is 25.7. The maximum Gasteiger partial charge on any atom is 0.365 e. The molecule has 3 atom stereocenters. The monoisotopic (exact) mass is 474 g/mol. The van der Waals surface area contributed by atoms with Gasteiger partial charge in [-0.15, -0.1) is 0 Å². The average Bonchev–Trinajstić information content (AvgIpc) is 3.04. The van der Waals surface area contributed by atoms with Crippen molar-refractivity contribution < 1.29 is 38.0 Å². The first-order valence-electron chi connectivity index (χ1n) is 9.23. The van der Waals surface area contributed by atoms with Crippen LogP contribution in [-0.2, 0) is 22.4 Å². The van der Waals surface area contributed by atoms with E-state index in [0.29, 0.717) is 4.48 Å². The number of aromatic amines is 1. The summed E-state index contributed by atoms with van der Waals surface area (Å²) in [6.07, 6.45) is 1.72. The molecule has 2 unspecified atom stereocenters. The number of hydrogen-bond donors (Lipinski definition) is 1. The molecule has 0 aliphatic carbocycles. The van der Waals surface area contributed by atoms with Gasteiger partial charge >= 0.3 is 5.97 Å². The van der Waals surface area contributed by atoms with Crippen molar-refractivity contribution in [2.45, 2.75) is 24.9 Å². The summed E-state index contributed by atoms with van der Waals surface area (Å²) in [5.41, 5.74) is 6.41. The Bertz CT molecular complexity index is 1030. The van der Waals surface area contributed by atoms with Gasteiger partial charge in [0.05, 0.1) is 26.4 Å². The molecule has 5 heteroatoms. The summed E-state index contributed by atoms with van der Waals surface area (Å²) in [7, 11) is 3.72. The summed E-state index contributed by atoms with van der Waals surface area (Å²) in [6, 6.07) is 17.0. The number of rotatable bonds is 1. The number of methoxy groups -OCH3 is 1. The number of ether oxygens (including phenoxy) is 1. The van der Waals surface area contributed by atoms with E-state index in [1.807, 2.05) is 0 Å². The van der Waals surface area contributed by atoms with Crippen LogP contribution >= 0.6 is 0 Å². The van der Waals surface area contributed by atoms with Crippen LogP contribution in [0.5, 0.6) is 0 Å². The number of carbonyl (C=O) groups excluding carboxylic acids is 1. The number of aromatic nitrogens is 1. The van der Waals surface area contributed by atoms with Gasteiger partial charge in [-0.2, -0.15) is 0 Å². The van der Waals surface area contributed by atoms with Crippen molar-refractivity contribution in [3.63, 3.8) is 0 Å². The Balaban J connectivity index is 0.00000180. The molecule has 0 radical (unpaired) electrons. The Kier molecular flexibility index (Phi) is 4.55. The van der Waals surface area contributed by atoms with Crippen LogP contribution in [0.15, 0.2) is 48.5 Å². The number of likely N-dealkylation sites (N-methyl/N-ethyl adjacent to an activating group) is 1. The van der Waals surface area contributed by atoms with Crippen LogP contribution in [0.2, 0.25) is 0 Å². The van der Waals surface area contributed by atoms with E-state index in [9.17, 15) is 4.79 Å². The van der Waals surface area contributed by atoms with Crippen LogP contribution in [0.1, 0.15) is 28.4 Å². The van der Waals surface area contributed by atoms with Gasteiger partial charge in [0, 0.05) is 29.3 Å². The van der Waals surface area contributed by atoms with Crippen LogP contribution in [-0.4, -0.2) is 42.2 Å². The highest BCUT2D eigenvalue weighted by molar-refractivity contribution is 5.87. The molecule has 0 saturated heterocycles. The average molecular weight is 474 g/mol. The third-order valence-electron chi connectivity index (χ3n) is 6.51. The standard InChI is InChI=1S/C22H23N2O2.HI/c1-24-12-11-14-7-3-4-8-15(14)21(24)20-17(13-19(24)22(25)26-2)16-9-5-6-10-18(16)23-20;/h3-10,19,21,23H,11-13H2,1-2H3;1H/q+1;/p-1/t19-,21?,24?;/m0./s1. The van der Waals surface area contributed by atoms with Gasteiger partial charge in [0.2, 0.25) is 0 Å². The predicted octanol–water partition coefficient (Wildman–Crippen LogP) is 0.362. The highest BCUT2D eigenvalue weighted by Gasteiger charge is 2.53. The van der Waals surface area contributed by atoms with E-state index in [1.165, 1.54) is 34.9 Å². The van der Waals surface area contributed by atoms with Crippen LogP contribution in [0.25, 0.3) is 10.9 Å². The number of benzene rings is 2. The maximum absolute atomic E-state index is 12.8. The lowest BCUT2D eigenvalue weighted by atomic mass is 9.80. The molecule has 1 aromatic heterocycles. The molecule has 3 aromatic rings. The molecule has 2 aliphatic heterocycles. The third-order valence-corrected chi connectivity index (χ3v) is 6.51. The number of esters is 1. The first-order chi connectivity index (χ1) is 12.6. The number of halogens is 1. The fraction of sp³-hybridized carbons (Fsp3) is 0.318. The SMILES string of the molecule is COC(=O)[C@@H]1Cc2c([nH]c3ccccc23)C2c3ccccc3CC[N+]21C.[I-]. The van der Waals surface area contributed by atoms with E-state index < -0.39 is 0 Å². The lowest BCUT2D eigenvalue weighted by Gasteiger charge is -2.51. The Morgan fingerprint density at radius 3 is 2.70 bits per heavy atom. The van der Waals surface area contributed by atoms with Crippen molar-refractivity contribution in [3.8, 4) is 0 Å². The number of fused-ring (bicyclic) bond motifs is 7. The van der Waals surface area contributed by atoms with E-state index in [0.717, 1.165) is 24.9 Å². The highest BCUT2D eigenvalue weighted by atomic mass is 127. The number of hydrogen-bond acceptors (Lipinski definition) is 2. The number of nitrogens with one attached hydrogen (secondary N) is 1. The molecule has 0 saturated carbocycles.